The number of amides is 1. The number of aromatic nitrogens is 2. The van der Waals surface area contributed by atoms with Gasteiger partial charge in [-0.25, -0.2) is 0 Å². The lowest BCUT2D eigenvalue weighted by Gasteiger charge is -2.21. The second kappa shape index (κ2) is 12.6. The van der Waals surface area contributed by atoms with Crippen molar-refractivity contribution in [2.24, 2.45) is 0 Å². The van der Waals surface area contributed by atoms with Crippen molar-refractivity contribution in [3.8, 4) is 11.8 Å². The highest BCUT2D eigenvalue weighted by Crippen LogP contribution is 2.30. The number of carbonyl (C=O) groups is 1. The molecule has 0 spiro atoms. The molecule has 0 aliphatic rings. The number of rotatable bonds is 14. The van der Waals surface area contributed by atoms with Gasteiger partial charge in [0.15, 0.2) is 11.6 Å². The molecule has 0 bridgehead atoms. The topological polar surface area (TPSA) is 106 Å². The summed E-state index contributed by atoms with van der Waals surface area (Å²) in [5.74, 6) is 1.43. The van der Waals surface area contributed by atoms with Crippen molar-refractivity contribution in [1.29, 1.82) is 0 Å². The fraction of sp³-hybridized carbons (Fsp3) is 0.500. The highest BCUT2D eigenvalue weighted by molar-refractivity contribution is 5.85. The van der Waals surface area contributed by atoms with E-state index in [0.717, 1.165) is 31.5 Å². The summed E-state index contributed by atoms with van der Waals surface area (Å²) in [6, 6.07) is 8.19. The normalized spacial score (nSPS) is 10.7. The molecule has 0 aliphatic carbocycles. The number of hydrogen-bond acceptors (Lipinski definition) is 8. The van der Waals surface area contributed by atoms with Gasteiger partial charge in [0.05, 0.1) is 13.2 Å². The van der Waals surface area contributed by atoms with Gasteiger partial charge in [-0.3, -0.25) is 9.69 Å². The minimum atomic E-state index is 0.167. The molecule has 0 fully saturated rings. The summed E-state index contributed by atoms with van der Waals surface area (Å²) in [6.45, 7) is 4.34. The number of nitrogen functional groups attached to an aromatic ring is 1. The molecule has 0 radical (unpaired) electrons. The van der Waals surface area contributed by atoms with E-state index in [1.54, 1.807) is 7.05 Å². The summed E-state index contributed by atoms with van der Waals surface area (Å²) in [5.41, 5.74) is 7.76. The van der Waals surface area contributed by atoms with Gasteiger partial charge < -0.3 is 25.4 Å². The molecule has 1 aromatic heterocycles. The number of unbranched alkanes of at least 4 members (excludes halogenated alkanes) is 1. The van der Waals surface area contributed by atoms with Gasteiger partial charge in [-0.05, 0) is 44.6 Å². The zero-order valence-corrected chi connectivity index (χ0v) is 18.9. The molecule has 0 saturated carbocycles. The van der Waals surface area contributed by atoms with Crippen LogP contribution in [-0.4, -0.2) is 62.2 Å². The van der Waals surface area contributed by atoms with Gasteiger partial charge in [0, 0.05) is 20.1 Å². The maximum absolute atomic E-state index is 11.8. The third kappa shape index (κ3) is 7.60. The molecule has 3 N–H and O–H groups in total. The first-order chi connectivity index (χ1) is 15.0. The Morgan fingerprint density at radius 2 is 1.81 bits per heavy atom. The number of hydrogen-bond donors (Lipinski definition) is 2. The summed E-state index contributed by atoms with van der Waals surface area (Å²) in [4.78, 5) is 23.9. The molecule has 1 aromatic carbocycles. The molecule has 0 unspecified atom stereocenters. The van der Waals surface area contributed by atoms with Crippen molar-refractivity contribution in [3.05, 3.63) is 29.8 Å². The van der Waals surface area contributed by atoms with Crippen LogP contribution in [0.25, 0.3) is 0 Å². The van der Waals surface area contributed by atoms with Crippen LogP contribution in [0.5, 0.6) is 11.8 Å². The number of benzene rings is 1. The molecule has 0 aliphatic heterocycles. The van der Waals surface area contributed by atoms with Crippen LogP contribution < -0.4 is 25.4 Å². The molecule has 2 aromatic rings. The Balaban J connectivity index is 1.96. The van der Waals surface area contributed by atoms with Crippen molar-refractivity contribution in [2.75, 3.05) is 56.9 Å². The molecule has 1 heterocycles. The monoisotopic (exact) mass is 430 g/mol. The second-order valence-electron chi connectivity index (χ2n) is 7.42. The maximum Gasteiger partial charge on any atom is 0.320 e. The number of nitrogens with zero attached hydrogens (tertiary/aromatic N) is 4. The van der Waals surface area contributed by atoms with Crippen molar-refractivity contribution < 1.29 is 14.3 Å². The highest BCUT2D eigenvalue weighted by atomic mass is 16.5. The Bertz CT molecular complexity index is 814. The van der Waals surface area contributed by atoms with Crippen molar-refractivity contribution in [1.82, 2.24) is 14.9 Å². The molecule has 0 saturated heterocycles. The molecule has 0 atom stereocenters. The van der Waals surface area contributed by atoms with E-state index in [2.05, 4.69) is 39.2 Å². The van der Waals surface area contributed by atoms with E-state index in [4.69, 9.17) is 15.2 Å². The van der Waals surface area contributed by atoms with E-state index in [1.807, 2.05) is 26.2 Å². The van der Waals surface area contributed by atoms with Crippen LogP contribution in [-0.2, 0) is 11.3 Å². The Hall–Kier alpha value is -3.07. The first-order valence-electron chi connectivity index (χ1n) is 10.5. The van der Waals surface area contributed by atoms with Crippen LogP contribution in [0.4, 0.5) is 17.3 Å². The number of nitrogens with one attached hydrogen (secondary N) is 1. The van der Waals surface area contributed by atoms with Gasteiger partial charge in [0.25, 0.3) is 0 Å². The fourth-order valence-electron chi connectivity index (χ4n) is 2.95. The maximum atomic E-state index is 11.8. The van der Waals surface area contributed by atoms with Crippen molar-refractivity contribution in [2.45, 2.75) is 32.7 Å². The zero-order chi connectivity index (χ0) is 22.6. The van der Waals surface area contributed by atoms with E-state index in [-0.39, 0.29) is 11.8 Å². The number of carbonyl (C=O) groups excluding carboxylic acids is 1. The molecule has 31 heavy (non-hydrogen) atoms. The van der Waals surface area contributed by atoms with Gasteiger partial charge in [-0.15, -0.1) is 0 Å². The van der Waals surface area contributed by atoms with Crippen LogP contribution >= 0.6 is 0 Å². The lowest BCUT2D eigenvalue weighted by Crippen LogP contribution is -2.26. The molecule has 170 valence electrons. The van der Waals surface area contributed by atoms with Crippen LogP contribution in [0.15, 0.2) is 24.3 Å². The lowest BCUT2D eigenvalue weighted by molar-refractivity contribution is -0.107. The van der Waals surface area contributed by atoms with Crippen molar-refractivity contribution >= 4 is 23.7 Å². The quantitative estimate of drug-likeness (QED) is 0.348. The molecular formula is C22H34N6O3. The molecular weight excluding hydrogens is 396 g/mol. The van der Waals surface area contributed by atoms with Crippen molar-refractivity contribution in [3.63, 3.8) is 0 Å². The number of nitrogens with two attached hydrogens (primary N) is 1. The van der Waals surface area contributed by atoms with E-state index in [9.17, 15) is 4.79 Å². The van der Waals surface area contributed by atoms with Crippen LogP contribution in [0.1, 0.15) is 31.7 Å². The first kappa shape index (κ1) is 24.2. The average molecular weight is 431 g/mol. The SMILES string of the molecule is CCCCOc1nc(N)c(NC)c(N(C=O)CCCOc2ccc(CN(C)C)cc2)n1. The summed E-state index contributed by atoms with van der Waals surface area (Å²) in [7, 11) is 5.78. The van der Waals surface area contributed by atoms with E-state index in [1.165, 1.54) is 10.5 Å². The standard InChI is InChI=1S/C22H34N6O3/c1-5-6-13-31-22-25-20(23)19(24-2)21(26-22)28(16-29)12-7-14-30-18-10-8-17(9-11-18)15-27(3)4/h8-11,16,24H,5-7,12-15H2,1-4H3,(H2,23,25,26). The molecule has 2 rings (SSSR count). The third-order valence-electron chi connectivity index (χ3n) is 4.51. The Labute approximate surface area is 184 Å². The molecule has 9 heteroatoms. The predicted molar refractivity (Wildman–Crippen MR) is 124 cm³/mol. The predicted octanol–water partition coefficient (Wildman–Crippen LogP) is 2.77. The first-order valence-corrected chi connectivity index (χ1v) is 10.5. The third-order valence-corrected chi connectivity index (χ3v) is 4.51. The van der Waals surface area contributed by atoms with E-state index >= 15 is 0 Å². The Morgan fingerprint density at radius 1 is 1.10 bits per heavy atom. The van der Waals surface area contributed by atoms with Gasteiger partial charge >= 0.3 is 6.01 Å². The lowest BCUT2D eigenvalue weighted by atomic mass is 10.2. The van der Waals surface area contributed by atoms with E-state index in [0.29, 0.717) is 37.7 Å². The van der Waals surface area contributed by atoms with Gasteiger partial charge in [0.2, 0.25) is 6.41 Å². The Kier molecular flexibility index (Phi) is 9.83. The summed E-state index contributed by atoms with van der Waals surface area (Å²) >= 11 is 0. The zero-order valence-electron chi connectivity index (χ0n) is 18.9. The van der Waals surface area contributed by atoms with Gasteiger partial charge in [0.1, 0.15) is 11.4 Å². The highest BCUT2D eigenvalue weighted by Gasteiger charge is 2.18. The van der Waals surface area contributed by atoms with Crippen LogP contribution in [0.2, 0.25) is 0 Å². The van der Waals surface area contributed by atoms with Gasteiger partial charge in [-0.1, -0.05) is 25.5 Å². The largest absolute Gasteiger partial charge is 0.494 e. The fourth-order valence-corrected chi connectivity index (χ4v) is 2.95. The van der Waals surface area contributed by atoms with Gasteiger partial charge in [-0.2, -0.15) is 9.97 Å². The number of anilines is 3. The van der Waals surface area contributed by atoms with Crippen LogP contribution in [0, 0.1) is 0 Å². The summed E-state index contributed by atoms with van der Waals surface area (Å²) < 4.78 is 11.4. The minimum Gasteiger partial charge on any atom is -0.494 e. The second-order valence-corrected chi connectivity index (χ2v) is 7.42. The number of ether oxygens (including phenoxy) is 2. The average Bonchev–Trinajstić information content (AvgIpc) is 2.74. The summed E-state index contributed by atoms with van der Waals surface area (Å²) in [5, 5.41) is 2.97. The van der Waals surface area contributed by atoms with Crippen LogP contribution in [0.3, 0.4) is 0 Å². The Morgan fingerprint density at radius 3 is 2.42 bits per heavy atom. The summed E-state index contributed by atoms with van der Waals surface area (Å²) in [6.07, 6.45) is 3.23. The minimum absolute atomic E-state index is 0.167. The molecule has 9 nitrogen and oxygen atoms in total. The van der Waals surface area contributed by atoms with E-state index < -0.39 is 0 Å². The smallest absolute Gasteiger partial charge is 0.320 e. The molecule has 1 amide bonds.